The smallest absolute Gasteiger partial charge is 0.319 e. The number of nitrogens with zero attached hydrogens (tertiary/aromatic N) is 3. The van der Waals surface area contributed by atoms with Gasteiger partial charge in [-0.3, -0.25) is 4.68 Å². The van der Waals surface area contributed by atoms with Gasteiger partial charge in [0.25, 0.3) is 0 Å². The van der Waals surface area contributed by atoms with Gasteiger partial charge in [-0.15, -0.1) is 11.8 Å². The van der Waals surface area contributed by atoms with E-state index >= 15 is 0 Å². The molecule has 2 amide bonds. The van der Waals surface area contributed by atoms with Crippen LogP contribution in [0.25, 0.3) is 0 Å². The largest absolute Gasteiger partial charge is 0.331 e. The Balaban J connectivity index is 1.94. The molecular formula is C16H23N5OS. The van der Waals surface area contributed by atoms with Crippen LogP contribution in [0.3, 0.4) is 0 Å². The van der Waals surface area contributed by atoms with Gasteiger partial charge in [0.05, 0.1) is 6.54 Å². The minimum atomic E-state index is -0.257. The lowest BCUT2D eigenvalue weighted by atomic mass is 10.2. The normalized spacial score (nSPS) is 11.3. The number of carbonyl (C=O) groups is 1. The molecule has 0 spiro atoms. The number of benzene rings is 1. The molecule has 1 heterocycles. The van der Waals surface area contributed by atoms with Gasteiger partial charge in [-0.1, -0.05) is 20.8 Å². The highest BCUT2D eigenvalue weighted by molar-refractivity contribution is 8.00. The maximum Gasteiger partial charge on any atom is 0.319 e. The molecule has 2 aromatic rings. The number of rotatable bonds is 4. The SMILES string of the molecule is Cc1cc(SC(C)(C)C)ccc1NC(=O)NCc1ncnn1C. The molecule has 7 heteroatoms. The van der Waals surface area contributed by atoms with Crippen molar-refractivity contribution in [3.63, 3.8) is 0 Å². The van der Waals surface area contributed by atoms with Gasteiger partial charge in [-0.25, -0.2) is 9.78 Å². The summed E-state index contributed by atoms with van der Waals surface area (Å²) in [6.07, 6.45) is 1.46. The average Bonchev–Trinajstić information content (AvgIpc) is 2.83. The molecule has 0 bridgehead atoms. The van der Waals surface area contributed by atoms with Crippen LogP contribution in [0.15, 0.2) is 29.4 Å². The zero-order chi connectivity index (χ0) is 17.0. The Bertz CT molecular complexity index is 690. The molecule has 2 rings (SSSR count). The first-order valence-corrected chi connectivity index (χ1v) is 8.23. The molecule has 0 aliphatic rings. The van der Waals surface area contributed by atoms with Crippen molar-refractivity contribution >= 4 is 23.5 Å². The Morgan fingerprint density at radius 1 is 1.35 bits per heavy atom. The second-order valence-corrected chi connectivity index (χ2v) is 8.20. The number of amides is 2. The predicted octanol–water partition coefficient (Wildman–Crippen LogP) is 3.34. The summed E-state index contributed by atoms with van der Waals surface area (Å²) in [6, 6.07) is 5.80. The minimum Gasteiger partial charge on any atom is -0.331 e. The van der Waals surface area contributed by atoms with Crippen LogP contribution in [0.4, 0.5) is 10.5 Å². The highest BCUT2D eigenvalue weighted by Crippen LogP contribution is 2.33. The number of hydrogen-bond donors (Lipinski definition) is 2. The van der Waals surface area contributed by atoms with Crippen LogP contribution in [0.5, 0.6) is 0 Å². The zero-order valence-electron chi connectivity index (χ0n) is 14.2. The summed E-state index contributed by atoms with van der Waals surface area (Å²) in [5.74, 6) is 0.703. The molecule has 0 aliphatic carbocycles. The second-order valence-electron chi connectivity index (χ2n) is 6.30. The summed E-state index contributed by atoms with van der Waals surface area (Å²) < 4.78 is 1.79. The first-order chi connectivity index (χ1) is 10.7. The Labute approximate surface area is 141 Å². The molecule has 0 aliphatic heterocycles. The molecule has 0 saturated heterocycles. The van der Waals surface area contributed by atoms with Gasteiger partial charge in [0.2, 0.25) is 0 Å². The summed E-state index contributed by atoms with van der Waals surface area (Å²) in [5, 5.41) is 9.60. The summed E-state index contributed by atoms with van der Waals surface area (Å²) in [7, 11) is 1.79. The molecule has 2 N–H and O–H groups in total. The monoisotopic (exact) mass is 333 g/mol. The summed E-state index contributed by atoms with van der Waals surface area (Å²) >= 11 is 1.81. The lowest BCUT2D eigenvalue weighted by Crippen LogP contribution is -2.29. The fraction of sp³-hybridized carbons (Fsp3) is 0.438. The average molecular weight is 333 g/mol. The van der Waals surface area contributed by atoms with Crippen molar-refractivity contribution in [3.8, 4) is 0 Å². The third-order valence-corrected chi connectivity index (χ3v) is 4.18. The molecule has 0 radical (unpaired) electrons. The van der Waals surface area contributed by atoms with E-state index in [1.165, 1.54) is 11.2 Å². The lowest BCUT2D eigenvalue weighted by Gasteiger charge is -2.18. The van der Waals surface area contributed by atoms with Crippen LogP contribution in [0.1, 0.15) is 32.2 Å². The lowest BCUT2D eigenvalue weighted by molar-refractivity contribution is 0.251. The van der Waals surface area contributed by atoms with Gasteiger partial charge >= 0.3 is 6.03 Å². The fourth-order valence-electron chi connectivity index (χ4n) is 2.00. The van der Waals surface area contributed by atoms with E-state index in [1.54, 1.807) is 23.5 Å². The Morgan fingerprint density at radius 3 is 2.65 bits per heavy atom. The number of nitrogens with one attached hydrogen (secondary N) is 2. The summed E-state index contributed by atoms with van der Waals surface area (Å²) in [6.45, 7) is 8.86. The van der Waals surface area contributed by atoms with Crippen LogP contribution >= 0.6 is 11.8 Å². The Kier molecular flexibility index (Phi) is 5.30. The van der Waals surface area contributed by atoms with E-state index in [0.29, 0.717) is 12.4 Å². The van der Waals surface area contributed by atoms with Gasteiger partial charge in [-0.05, 0) is 30.7 Å². The molecular weight excluding hydrogens is 310 g/mol. The van der Waals surface area contributed by atoms with E-state index in [4.69, 9.17) is 0 Å². The van der Waals surface area contributed by atoms with Crippen molar-refractivity contribution in [1.29, 1.82) is 0 Å². The highest BCUT2D eigenvalue weighted by atomic mass is 32.2. The predicted molar refractivity (Wildman–Crippen MR) is 93.7 cm³/mol. The fourth-order valence-corrected chi connectivity index (χ4v) is 3.08. The maximum absolute atomic E-state index is 12.0. The number of hydrogen-bond acceptors (Lipinski definition) is 4. The van der Waals surface area contributed by atoms with E-state index in [0.717, 1.165) is 11.3 Å². The summed E-state index contributed by atoms with van der Waals surface area (Å²) in [5.41, 5.74) is 1.84. The third kappa shape index (κ3) is 5.28. The van der Waals surface area contributed by atoms with Crippen molar-refractivity contribution in [1.82, 2.24) is 20.1 Å². The molecule has 0 fully saturated rings. The van der Waals surface area contributed by atoms with Crippen molar-refractivity contribution in [2.75, 3.05) is 5.32 Å². The molecule has 1 aromatic heterocycles. The number of aromatic nitrogens is 3. The molecule has 124 valence electrons. The van der Waals surface area contributed by atoms with Crippen LogP contribution in [-0.4, -0.2) is 25.5 Å². The molecule has 6 nitrogen and oxygen atoms in total. The zero-order valence-corrected chi connectivity index (χ0v) is 15.0. The number of carbonyl (C=O) groups excluding carboxylic acids is 1. The van der Waals surface area contributed by atoms with Crippen molar-refractivity contribution in [3.05, 3.63) is 35.9 Å². The van der Waals surface area contributed by atoms with Gasteiger partial charge in [0, 0.05) is 22.4 Å². The first-order valence-electron chi connectivity index (χ1n) is 7.42. The number of thioether (sulfide) groups is 1. The van der Waals surface area contributed by atoms with Gasteiger partial charge in [0.15, 0.2) is 0 Å². The minimum absolute atomic E-state index is 0.162. The second kappa shape index (κ2) is 7.04. The van der Waals surface area contributed by atoms with Crippen LogP contribution in [0.2, 0.25) is 0 Å². The molecule has 0 unspecified atom stereocenters. The van der Waals surface area contributed by atoms with E-state index in [-0.39, 0.29) is 10.8 Å². The van der Waals surface area contributed by atoms with Gasteiger partial charge in [-0.2, -0.15) is 5.10 Å². The molecule has 0 atom stereocenters. The van der Waals surface area contributed by atoms with Gasteiger partial charge in [0.1, 0.15) is 12.2 Å². The Hall–Kier alpha value is -2.02. The Morgan fingerprint density at radius 2 is 2.09 bits per heavy atom. The number of anilines is 1. The standard InChI is InChI=1S/C16H23N5OS/c1-11-8-12(23-16(2,3)4)6-7-13(11)20-15(22)17-9-14-18-10-19-21(14)5/h6-8,10H,9H2,1-5H3,(H2,17,20,22). The molecule has 23 heavy (non-hydrogen) atoms. The van der Waals surface area contributed by atoms with E-state index in [2.05, 4.69) is 47.6 Å². The topological polar surface area (TPSA) is 71.8 Å². The third-order valence-electron chi connectivity index (χ3n) is 3.08. The van der Waals surface area contributed by atoms with Crippen LogP contribution < -0.4 is 10.6 Å². The first kappa shape index (κ1) is 17.3. The van der Waals surface area contributed by atoms with Crippen molar-refractivity contribution in [2.45, 2.75) is 43.9 Å². The maximum atomic E-state index is 12.0. The van der Waals surface area contributed by atoms with E-state index in [9.17, 15) is 4.79 Å². The highest BCUT2D eigenvalue weighted by Gasteiger charge is 2.13. The van der Waals surface area contributed by atoms with E-state index in [1.807, 2.05) is 19.1 Å². The van der Waals surface area contributed by atoms with Crippen LogP contribution in [-0.2, 0) is 13.6 Å². The van der Waals surface area contributed by atoms with Crippen molar-refractivity contribution in [2.24, 2.45) is 7.05 Å². The number of urea groups is 1. The van der Waals surface area contributed by atoms with E-state index < -0.39 is 0 Å². The van der Waals surface area contributed by atoms with Crippen molar-refractivity contribution < 1.29 is 4.79 Å². The molecule has 0 saturated carbocycles. The quantitative estimate of drug-likeness (QED) is 0.842. The number of aryl methyl sites for hydroxylation is 2. The van der Waals surface area contributed by atoms with Gasteiger partial charge < -0.3 is 10.6 Å². The van der Waals surface area contributed by atoms with Crippen LogP contribution in [0, 0.1) is 6.92 Å². The molecule has 1 aromatic carbocycles. The summed E-state index contributed by atoms with van der Waals surface area (Å²) in [4.78, 5) is 17.3.